The van der Waals surface area contributed by atoms with Crippen LogP contribution in [0.15, 0.2) is 48.8 Å². The Morgan fingerprint density at radius 2 is 1.88 bits per heavy atom. The standard InChI is InChI=1S/C15H12FN5O4/c16-12-3-1-2-4-14(12)24-7-8-25-15-6-5-11(21(22)23)9-13(15)20-10-17-18-19-20/h1-6,9-10H,7-8H2. The second-order valence-electron chi connectivity index (χ2n) is 4.79. The molecule has 0 aliphatic carbocycles. The normalized spacial score (nSPS) is 10.4. The van der Waals surface area contributed by atoms with Crippen molar-refractivity contribution in [1.29, 1.82) is 0 Å². The number of tetrazole rings is 1. The van der Waals surface area contributed by atoms with E-state index in [2.05, 4.69) is 15.5 Å². The lowest BCUT2D eigenvalue weighted by Gasteiger charge is -2.11. The van der Waals surface area contributed by atoms with Crippen molar-refractivity contribution < 1.29 is 18.8 Å². The van der Waals surface area contributed by atoms with Crippen LogP contribution in [0.3, 0.4) is 0 Å². The maximum Gasteiger partial charge on any atom is 0.271 e. The molecule has 0 fully saturated rings. The van der Waals surface area contributed by atoms with Gasteiger partial charge in [-0.25, -0.2) is 4.39 Å². The Morgan fingerprint density at radius 3 is 2.56 bits per heavy atom. The molecular weight excluding hydrogens is 333 g/mol. The largest absolute Gasteiger partial charge is 0.488 e. The van der Waals surface area contributed by atoms with Gasteiger partial charge in [-0.05, 0) is 28.6 Å². The van der Waals surface area contributed by atoms with Crippen molar-refractivity contribution in [2.75, 3.05) is 13.2 Å². The number of halogens is 1. The zero-order valence-corrected chi connectivity index (χ0v) is 12.8. The number of nitrogens with zero attached hydrogens (tertiary/aromatic N) is 5. The van der Waals surface area contributed by atoms with Crippen LogP contribution in [0.5, 0.6) is 11.5 Å². The third-order valence-electron chi connectivity index (χ3n) is 3.18. The zero-order valence-electron chi connectivity index (χ0n) is 12.8. The fourth-order valence-electron chi connectivity index (χ4n) is 2.06. The third-order valence-corrected chi connectivity index (χ3v) is 3.18. The van der Waals surface area contributed by atoms with Crippen molar-refractivity contribution in [1.82, 2.24) is 20.2 Å². The summed E-state index contributed by atoms with van der Waals surface area (Å²) in [5.41, 5.74) is 0.186. The maximum atomic E-state index is 13.5. The number of hydrogen-bond donors (Lipinski definition) is 0. The Kier molecular flexibility index (Phi) is 4.79. The quantitative estimate of drug-likeness (QED) is 0.367. The molecule has 3 aromatic rings. The van der Waals surface area contributed by atoms with Gasteiger partial charge in [-0.3, -0.25) is 10.1 Å². The molecule has 128 valence electrons. The van der Waals surface area contributed by atoms with Gasteiger partial charge >= 0.3 is 0 Å². The molecule has 0 amide bonds. The van der Waals surface area contributed by atoms with Gasteiger partial charge in [0.15, 0.2) is 11.6 Å². The van der Waals surface area contributed by atoms with Gasteiger partial charge in [0, 0.05) is 12.1 Å². The highest BCUT2D eigenvalue weighted by molar-refractivity contribution is 5.52. The summed E-state index contributed by atoms with van der Waals surface area (Å²) < 4.78 is 25.6. The molecule has 0 saturated heterocycles. The molecule has 2 aromatic carbocycles. The lowest BCUT2D eigenvalue weighted by molar-refractivity contribution is -0.384. The van der Waals surface area contributed by atoms with Crippen molar-refractivity contribution in [3.8, 4) is 17.2 Å². The first-order valence-electron chi connectivity index (χ1n) is 7.17. The van der Waals surface area contributed by atoms with E-state index in [-0.39, 0.29) is 24.7 Å². The maximum absolute atomic E-state index is 13.5. The van der Waals surface area contributed by atoms with Crippen LogP contribution in [-0.4, -0.2) is 38.3 Å². The zero-order chi connectivity index (χ0) is 17.6. The Morgan fingerprint density at radius 1 is 1.12 bits per heavy atom. The molecule has 0 N–H and O–H groups in total. The van der Waals surface area contributed by atoms with Gasteiger partial charge < -0.3 is 9.47 Å². The summed E-state index contributed by atoms with van der Waals surface area (Å²) in [5.74, 6) is -0.0160. The molecule has 0 radical (unpaired) electrons. The minimum Gasteiger partial charge on any atom is -0.488 e. The number of benzene rings is 2. The molecule has 1 aromatic heterocycles. The molecular formula is C15H12FN5O4. The van der Waals surface area contributed by atoms with Crippen LogP contribution in [-0.2, 0) is 0 Å². The Hall–Kier alpha value is -3.56. The van der Waals surface area contributed by atoms with Crippen molar-refractivity contribution in [2.45, 2.75) is 0 Å². The molecule has 0 saturated carbocycles. The van der Waals surface area contributed by atoms with Gasteiger partial charge in [0.2, 0.25) is 0 Å². The number of hydrogen-bond acceptors (Lipinski definition) is 7. The fourth-order valence-corrected chi connectivity index (χ4v) is 2.06. The fraction of sp³-hybridized carbons (Fsp3) is 0.133. The van der Waals surface area contributed by atoms with Crippen LogP contribution in [0.4, 0.5) is 10.1 Å². The summed E-state index contributed by atoms with van der Waals surface area (Å²) in [6.07, 6.45) is 1.29. The first-order valence-corrected chi connectivity index (χ1v) is 7.17. The summed E-state index contributed by atoms with van der Waals surface area (Å²) in [7, 11) is 0. The average Bonchev–Trinajstić information content (AvgIpc) is 3.14. The molecule has 25 heavy (non-hydrogen) atoms. The molecule has 0 aliphatic heterocycles. The first kappa shape index (κ1) is 16.3. The van der Waals surface area contributed by atoms with Crippen molar-refractivity contribution in [3.63, 3.8) is 0 Å². The second kappa shape index (κ2) is 7.34. The van der Waals surface area contributed by atoms with E-state index < -0.39 is 10.7 Å². The predicted octanol–water partition coefficient (Wildman–Crippen LogP) is 2.17. The topological polar surface area (TPSA) is 105 Å². The van der Waals surface area contributed by atoms with E-state index in [1.54, 1.807) is 12.1 Å². The number of para-hydroxylation sites is 1. The van der Waals surface area contributed by atoms with Crippen molar-refractivity contribution in [3.05, 3.63) is 64.7 Å². The second-order valence-corrected chi connectivity index (χ2v) is 4.79. The van der Waals surface area contributed by atoms with E-state index in [1.165, 1.54) is 41.3 Å². The number of non-ortho nitro benzene ring substituents is 1. The van der Waals surface area contributed by atoms with Crippen LogP contribution < -0.4 is 9.47 Å². The highest BCUT2D eigenvalue weighted by Gasteiger charge is 2.14. The Balaban J connectivity index is 1.69. The number of nitro groups is 1. The lowest BCUT2D eigenvalue weighted by atomic mass is 10.2. The molecule has 0 atom stereocenters. The van der Waals surface area contributed by atoms with Crippen LogP contribution in [0.25, 0.3) is 5.69 Å². The smallest absolute Gasteiger partial charge is 0.271 e. The van der Waals surface area contributed by atoms with Crippen molar-refractivity contribution >= 4 is 5.69 Å². The van der Waals surface area contributed by atoms with Gasteiger partial charge in [0.1, 0.15) is 31.0 Å². The first-order chi connectivity index (χ1) is 12.1. The Labute approximate surface area is 140 Å². The van der Waals surface area contributed by atoms with E-state index >= 15 is 0 Å². The summed E-state index contributed by atoms with van der Waals surface area (Å²) in [4.78, 5) is 10.4. The van der Waals surface area contributed by atoms with E-state index in [1.807, 2.05) is 0 Å². The summed E-state index contributed by atoms with van der Waals surface area (Å²) in [6.45, 7) is 0.189. The van der Waals surface area contributed by atoms with Crippen molar-refractivity contribution in [2.24, 2.45) is 0 Å². The molecule has 9 nitrogen and oxygen atoms in total. The highest BCUT2D eigenvalue weighted by atomic mass is 19.1. The van der Waals surface area contributed by atoms with Gasteiger partial charge in [-0.15, -0.1) is 5.10 Å². The van der Waals surface area contributed by atoms with Crippen LogP contribution in [0, 0.1) is 15.9 Å². The summed E-state index contributed by atoms with van der Waals surface area (Å²) >= 11 is 0. The van der Waals surface area contributed by atoms with E-state index in [4.69, 9.17) is 9.47 Å². The molecule has 3 rings (SSSR count). The highest BCUT2D eigenvalue weighted by Crippen LogP contribution is 2.27. The molecule has 0 bridgehead atoms. The summed E-state index contributed by atoms with van der Waals surface area (Å²) in [5, 5.41) is 21.6. The Bertz CT molecular complexity index is 872. The SMILES string of the molecule is O=[N+]([O-])c1ccc(OCCOc2ccccc2F)c(-n2cnnn2)c1. The predicted molar refractivity (Wildman–Crippen MR) is 83.2 cm³/mol. The van der Waals surface area contributed by atoms with Gasteiger partial charge in [-0.2, -0.15) is 4.68 Å². The van der Waals surface area contributed by atoms with E-state index in [0.29, 0.717) is 11.4 Å². The lowest BCUT2D eigenvalue weighted by Crippen LogP contribution is -2.11. The van der Waals surface area contributed by atoms with Gasteiger partial charge in [-0.1, -0.05) is 12.1 Å². The van der Waals surface area contributed by atoms with Crippen LogP contribution in [0.2, 0.25) is 0 Å². The van der Waals surface area contributed by atoms with Crippen LogP contribution in [0.1, 0.15) is 0 Å². The monoisotopic (exact) mass is 345 g/mol. The molecule has 0 unspecified atom stereocenters. The minimum absolute atomic E-state index is 0.0902. The minimum atomic E-state index is -0.529. The number of nitro benzene ring substituents is 1. The number of rotatable bonds is 7. The molecule has 0 aliphatic rings. The number of aromatic nitrogens is 4. The van der Waals surface area contributed by atoms with Gasteiger partial charge in [0.05, 0.1) is 4.92 Å². The molecule has 10 heteroatoms. The molecule has 1 heterocycles. The van der Waals surface area contributed by atoms with E-state index in [0.717, 1.165) is 0 Å². The third kappa shape index (κ3) is 3.86. The van der Waals surface area contributed by atoms with E-state index in [9.17, 15) is 14.5 Å². The average molecular weight is 345 g/mol. The summed E-state index contributed by atoms with van der Waals surface area (Å²) in [6, 6.07) is 10.1. The molecule has 0 spiro atoms. The number of ether oxygens (including phenoxy) is 2. The van der Waals surface area contributed by atoms with Gasteiger partial charge in [0.25, 0.3) is 5.69 Å². The van der Waals surface area contributed by atoms with Crippen LogP contribution >= 0.6 is 0 Å².